The number of carbonyl (C=O) groups is 1. The monoisotopic (exact) mass is 361 g/mol. The van der Waals surface area contributed by atoms with Crippen molar-refractivity contribution in [3.05, 3.63) is 66.2 Å². The molecule has 0 fully saturated rings. The maximum absolute atomic E-state index is 12.5. The van der Waals surface area contributed by atoms with E-state index in [9.17, 15) is 4.79 Å². The van der Waals surface area contributed by atoms with Crippen LogP contribution in [0.2, 0.25) is 0 Å². The third-order valence-corrected chi connectivity index (χ3v) is 4.79. The second kappa shape index (κ2) is 7.23. The van der Waals surface area contributed by atoms with E-state index in [0.29, 0.717) is 25.4 Å². The first-order chi connectivity index (χ1) is 13.1. The van der Waals surface area contributed by atoms with Crippen LogP contribution in [-0.4, -0.2) is 31.6 Å². The molecule has 0 radical (unpaired) electrons. The van der Waals surface area contributed by atoms with Crippen LogP contribution >= 0.6 is 0 Å². The maximum Gasteiger partial charge on any atom is 0.224 e. The summed E-state index contributed by atoms with van der Waals surface area (Å²) < 4.78 is 4.17. The van der Waals surface area contributed by atoms with Gasteiger partial charge in [-0.25, -0.2) is 0 Å². The molecule has 0 saturated heterocycles. The number of para-hydroxylation sites is 1. The zero-order valence-corrected chi connectivity index (χ0v) is 15.6. The molecule has 0 aliphatic carbocycles. The number of carbonyl (C=O) groups excluding carboxylic acids is 1. The molecular weight excluding hydrogens is 338 g/mol. The van der Waals surface area contributed by atoms with Crippen LogP contribution in [0.1, 0.15) is 31.3 Å². The zero-order chi connectivity index (χ0) is 18.8. The van der Waals surface area contributed by atoms with E-state index in [4.69, 9.17) is 0 Å². The summed E-state index contributed by atoms with van der Waals surface area (Å²) in [6.45, 7) is 4.84. The van der Waals surface area contributed by atoms with Gasteiger partial charge in [0.2, 0.25) is 5.91 Å². The van der Waals surface area contributed by atoms with Gasteiger partial charge >= 0.3 is 0 Å². The van der Waals surface area contributed by atoms with Crippen molar-refractivity contribution in [2.24, 2.45) is 0 Å². The first-order valence-corrected chi connectivity index (χ1v) is 9.27. The Bertz CT molecular complexity index is 1090. The highest BCUT2D eigenvalue weighted by atomic mass is 16.1. The topological polar surface area (TPSA) is 64.2 Å². The Morgan fingerprint density at radius 1 is 1.11 bits per heavy atom. The van der Waals surface area contributed by atoms with Crippen molar-refractivity contribution in [1.82, 2.24) is 24.5 Å². The van der Waals surface area contributed by atoms with Gasteiger partial charge in [-0.1, -0.05) is 24.3 Å². The molecule has 0 unspecified atom stereocenters. The Hall–Kier alpha value is -3.15. The summed E-state index contributed by atoms with van der Waals surface area (Å²) in [6, 6.07) is 14.4. The summed E-state index contributed by atoms with van der Waals surface area (Å²) in [7, 11) is 0. The number of nitrogens with zero attached hydrogens (tertiary/aromatic N) is 4. The normalized spacial score (nSPS) is 11.5. The van der Waals surface area contributed by atoms with Gasteiger partial charge in [0, 0.05) is 42.3 Å². The fraction of sp³-hybridized carbons (Fsp3) is 0.286. The predicted molar refractivity (Wildman–Crippen MR) is 106 cm³/mol. The molecule has 3 heterocycles. The minimum Gasteiger partial charge on any atom is -0.355 e. The summed E-state index contributed by atoms with van der Waals surface area (Å²) in [5.41, 5.74) is 3.05. The lowest BCUT2D eigenvalue weighted by Gasteiger charge is -2.08. The van der Waals surface area contributed by atoms with E-state index in [-0.39, 0.29) is 5.91 Å². The molecule has 0 spiro atoms. The SMILES string of the molecule is CC(C)n1cc(CC(=O)NCCc2nnc3ccccn23)c2ccccc21. The molecule has 1 N–H and O–H groups in total. The molecule has 1 amide bonds. The molecule has 3 aromatic heterocycles. The number of amides is 1. The van der Waals surface area contributed by atoms with Crippen molar-refractivity contribution >= 4 is 22.5 Å². The first-order valence-electron chi connectivity index (χ1n) is 9.27. The number of nitrogens with one attached hydrogen (secondary N) is 1. The van der Waals surface area contributed by atoms with Crippen LogP contribution in [0, 0.1) is 0 Å². The lowest BCUT2D eigenvalue weighted by Crippen LogP contribution is -2.27. The van der Waals surface area contributed by atoms with Gasteiger partial charge in [0.25, 0.3) is 0 Å². The average Bonchev–Trinajstić information content (AvgIpc) is 3.24. The molecule has 0 bridgehead atoms. The van der Waals surface area contributed by atoms with E-state index >= 15 is 0 Å². The van der Waals surface area contributed by atoms with Gasteiger partial charge in [-0.05, 0) is 37.6 Å². The average molecular weight is 361 g/mol. The highest BCUT2D eigenvalue weighted by Gasteiger charge is 2.13. The van der Waals surface area contributed by atoms with E-state index in [1.165, 1.54) is 5.52 Å². The highest BCUT2D eigenvalue weighted by Crippen LogP contribution is 2.24. The number of rotatable bonds is 6. The van der Waals surface area contributed by atoms with E-state index < -0.39 is 0 Å². The standard InChI is InChI=1S/C21H23N5O/c1-15(2)26-14-16(17-7-3-4-8-18(17)26)13-21(27)22-11-10-20-24-23-19-9-5-6-12-25(19)20/h3-9,12,14-15H,10-11,13H2,1-2H3,(H,22,27). The summed E-state index contributed by atoms with van der Waals surface area (Å²) in [6.07, 6.45) is 5.06. The molecule has 138 valence electrons. The lowest BCUT2D eigenvalue weighted by molar-refractivity contribution is -0.120. The molecule has 0 atom stereocenters. The van der Waals surface area contributed by atoms with Crippen LogP contribution in [0.25, 0.3) is 16.6 Å². The van der Waals surface area contributed by atoms with Gasteiger partial charge < -0.3 is 9.88 Å². The van der Waals surface area contributed by atoms with Crippen LogP contribution < -0.4 is 5.32 Å². The third-order valence-electron chi connectivity index (χ3n) is 4.79. The van der Waals surface area contributed by atoms with E-state index in [2.05, 4.69) is 52.3 Å². The van der Waals surface area contributed by atoms with Crippen LogP contribution in [0.15, 0.2) is 54.9 Å². The molecule has 0 saturated carbocycles. The zero-order valence-electron chi connectivity index (χ0n) is 15.6. The summed E-state index contributed by atoms with van der Waals surface area (Å²) >= 11 is 0. The fourth-order valence-electron chi connectivity index (χ4n) is 3.46. The lowest BCUT2D eigenvalue weighted by atomic mass is 10.1. The van der Waals surface area contributed by atoms with Gasteiger partial charge in [-0.15, -0.1) is 10.2 Å². The number of fused-ring (bicyclic) bond motifs is 2. The van der Waals surface area contributed by atoms with E-state index in [1.54, 1.807) is 0 Å². The molecule has 0 aliphatic heterocycles. The number of hydrogen-bond donors (Lipinski definition) is 1. The smallest absolute Gasteiger partial charge is 0.224 e. The molecule has 6 heteroatoms. The number of benzene rings is 1. The Labute approximate surface area is 157 Å². The molecule has 1 aromatic carbocycles. The minimum absolute atomic E-state index is 0.0236. The molecule has 4 aromatic rings. The summed E-state index contributed by atoms with van der Waals surface area (Å²) in [4.78, 5) is 12.5. The highest BCUT2D eigenvalue weighted by molar-refractivity contribution is 5.89. The molecule has 0 aliphatic rings. The Kier molecular flexibility index (Phi) is 4.62. The van der Waals surface area contributed by atoms with Crippen molar-refractivity contribution in [3.8, 4) is 0 Å². The van der Waals surface area contributed by atoms with Crippen molar-refractivity contribution < 1.29 is 4.79 Å². The summed E-state index contributed by atoms with van der Waals surface area (Å²) in [5.74, 6) is 0.873. The van der Waals surface area contributed by atoms with Crippen LogP contribution in [0.5, 0.6) is 0 Å². The maximum atomic E-state index is 12.5. The van der Waals surface area contributed by atoms with E-state index in [1.807, 2.05) is 40.9 Å². The number of pyridine rings is 1. The van der Waals surface area contributed by atoms with Gasteiger partial charge in [0.05, 0.1) is 6.42 Å². The van der Waals surface area contributed by atoms with Gasteiger partial charge in [0.15, 0.2) is 5.65 Å². The number of hydrogen-bond acceptors (Lipinski definition) is 3. The van der Waals surface area contributed by atoms with E-state index in [0.717, 1.165) is 22.4 Å². The summed E-state index contributed by atoms with van der Waals surface area (Å²) in [5, 5.41) is 12.5. The molecule has 27 heavy (non-hydrogen) atoms. The molecular formula is C21H23N5O. The van der Waals surface area contributed by atoms with Gasteiger partial charge in [0.1, 0.15) is 5.82 Å². The quantitative estimate of drug-likeness (QED) is 0.574. The number of aromatic nitrogens is 4. The first kappa shape index (κ1) is 17.3. The largest absolute Gasteiger partial charge is 0.355 e. The van der Waals surface area contributed by atoms with Crippen molar-refractivity contribution in [3.63, 3.8) is 0 Å². The Balaban J connectivity index is 1.42. The van der Waals surface area contributed by atoms with Crippen LogP contribution in [0.3, 0.4) is 0 Å². The molecule has 6 nitrogen and oxygen atoms in total. The van der Waals surface area contributed by atoms with Crippen molar-refractivity contribution in [2.75, 3.05) is 6.54 Å². The Morgan fingerprint density at radius 3 is 2.78 bits per heavy atom. The van der Waals surface area contributed by atoms with Gasteiger partial charge in [-0.3, -0.25) is 9.20 Å². The van der Waals surface area contributed by atoms with Gasteiger partial charge in [-0.2, -0.15) is 0 Å². The Morgan fingerprint density at radius 2 is 1.93 bits per heavy atom. The van der Waals surface area contributed by atoms with Crippen molar-refractivity contribution in [2.45, 2.75) is 32.7 Å². The second-order valence-corrected chi connectivity index (χ2v) is 6.99. The van der Waals surface area contributed by atoms with Crippen LogP contribution in [-0.2, 0) is 17.6 Å². The van der Waals surface area contributed by atoms with Crippen LogP contribution in [0.4, 0.5) is 0 Å². The second-order valence-electron chi connectivity index (χ2n) is 6.99. The molecule has 4 rings (SSSR count). The minimum atomic E-state index is 0.0236. The fourth-order valence-corrected chi connectivity index (χ4v) is 3.46. The van der Waals surface area contributed by atoms with Crippen molar-refractivity contribution in [1.29, 1.82) is 0 Å². The third kappa shape index (κ3) is 3.43. The predicted octanol–water partition coefficient (Wildman–Crippen LogP) is 3.17.